The SMILES string of the molecule is NCCCCCNCc1cccc2c1C(=O)N(C1CCC(=O)NC1=O)C2=O. The average Bonchev–Trinajstić information content (AvgIpc) is 2.90. The molecule has 4 N–H and O–H groups in total. The first kappa shape index (κ1) is 19.2. The standard InChI is InChI=1S/C19H24N4O4/c20-9-2-1-3-10-21-11-12-5-4-6-13-16(12)19(27)23(18(13)26)14-7-8-15(24)22-17(14)25/h4-6,14,21H,1-3,7-11,20H2,(H,22,24,25). The number of fused-ring (bicyclic) bond motifs is 1. The van der Waals surface area contributed by atoms with Gasteiger partial charge in [-0.3, -0.25) is 29.4 Å². The number of hydrogen-bond acceptors (Lipinski definition) is 6. The van der Waals surface area contributed by atoms with Crippen molar-refractivity contribution in [3.63, 3.8) is 0 Å². The van der Waals surface area contributed by atoms with Gasteiger partial charge in [-0.25, -0.2) is 0 Å². The Hall–Kier alpha value is -2.58. The number of rotatable bonds is 8. The quantitative estimate of drug-likeness (QED) is 0.446. The summed E-state index contributed by atoms with van der Waals surface area (Å²) in [6.07, 6.45) is 3.28. The summed E-state index contributed by atoms with van der Waals surface area (Å²) in [6, 6.07) is 4.22. The number of piperidine rings is 1. The van der Waals surface area contributed by atoms with Gasteiger partial charge < -0.3 is 11.1 Å². The first-order valence-electron chi connectivity index (χ1n) is 9.29. The Morgan fingerprint density at radius 2 is 1.93 bits per heavy atom. The maximum absolute atomic E-state index is 12.9. The van der Waals surface area contributed by atoms with Crippen molar-refractivity contribution in [1.29, 1.82) is 0 Å². The van der Waals surface area contributed by atoms with E-state index in [9.17, 15) is 19.2 Å². The van der Waals surface area contributed by atoms with Gasteiger partial charge in [0.15, 0.2) is 0 Å². The monoisotopic (exact) mass is 372 g/mol. The molecule has 1 unspecified atom stereocenters. The van der Waals surface area contributed by atoms with Crippen LogP contribution in [0.1, 0.15) is 58.4 Å². The highest BCUT2D eigenvalue weighted by Gasteiger charge is 2.45. The lowest BCUT2D eigenvalue weighted by Crippen LogP contribution is -2.54. The molecule has 0 radical (unpaired) electrons. The third-order valence-electron chi connectivity index (χ3n) is 4.93. The lowest BCUT2D eigenvalue weighted by atomic mass is 10.0. The fourth-order valence-electron chi connectivity index (χ4n) is 3.53. The molecule has 1 atom stereocenters. The molecular weight excluding hydrogens is 348 g/mol. The fourth-order valence-corrected chi connectivity index (χ4v) is 3.53. The first-order chi connectivity index (χ1) is 13.0. The van der Waals surface area contributed by atoms with Gasteiger partial charge in [-0.05, 0) is 44.0 Å². The highest BCUT2D eigenvalue weighted by atomic mass is 16.2. The van der Waals surface area contributed by atoms with Crippen molar-refractivity contribution in [3.8, 4) is 0 Å². The van der Waals surface area contributed by atoms with Gasteiger partial charge in [0.2, 0.25) is 11.8 Å². The number of carbonyl (C=O) groups is 4. The summed E-state index contributed by atoms with van der Waals surface area (Å²) in [5.41, 5.74) is 6.87. The van der Waals surface area contributed by atoms with Crippen LogP contribution >= 0.6 is 0 Å². The minimum Gasteiger partial charge on any atom is -0.330 e. The molecule has 1 fully saturated rings. The Morgan fingerprint density at radius 1 is 1.11 bits per heavy atom. The molecule has 8 nitrogen and oxygen atoms in total. The van der Waals surface area contributed by atoms with Gasteiger partial charge in [0, 0.05) is 13.0 Å². The number of unbranched alkanes of at least 4 members (excludes halogenated alkanes) is 2. The van der Waals surface area contributed by atoms with Crippen LogP contribution in [0.15, 0.2) is 18.2 Å². The number of benzene rings is 1. The second-order valence-corrected chi connectivity index (χ2v) is 6.81. The molecule has 2 aliphatic rings. The lowest BCUT2D eigenvalue weighted by Gasteiger charge is -2.27. The van der Waals surface area contributed by atoms with Gasteiger partial charge in [-0.1, -0.05) is 18.6 Å². The molecular formula is C19H24N4O4. The smallest absolute Gasteiger partial charge is 0.262 e. The Labute approximate surface area is 157 Å². The van der Waals surface area contributed by atoms with Crippen LogP contribution in [-0.4, -0.2) is 47.7 Å². The molecule has 1 saturated heterocycles. The molecule has 0 bridgehead atoms. The van der Waals surface area contributed by atoms with Crippen molar-refractivity contribution < 1.29 is 19.2 Å². The highest BCUT2D eigenvalue weighted by molar-refractivity contribution is 6.24. The van der Waals surface area contributed by atoms with Crippen molar-refractivity contribution in [2.24, 2.45) is 5.73 Å². The van der Waals surface area contributed by atoms with Crippen LogP contribution in [0.25, 0.3) is 0 Å². The Balaban J connectivity index is 1.72. The number of nitrogens with two attached hydrogens (primary N) is 1. The van der Waals surface area contributed by atoms with E-state index in [4.69, 9.17) is 5.73 Å². The zero-order valence-corrected chi connectivity index (χ0v) is 15.1. The fraction of sp³-hybridized carbons (Fsp3) is 0.474. The molecule has 2 aliphatic heterocycles. The van der Waals surface area contributed by atoms with Crippen molar-refractivity contribution >= 4 is 23.6 Å². The predicted molar refractivity (Wildman–Crippen MR) is 97.7 cm³/mol. The number of nitrogens with one attached hydrogen (secondary N) is 2. The van der Waals surface area contributed by atoms with E-state index in [0.717, 1.165) is 36.3 Å². The Kier molecular flexibility index (Phi) is 5.98. The maximum atomic E-state index is 12.9. The van der Waals surface area contributed by atoms with Gasteiger partial charge in [0.1, 0.15) is 6.04 Å². The summed E-state index contributed by atoms with van der Waals surface area (Å²) in [6.45, 7) is 1.94. The van der Waals surface area contributed by atoms with Gasteiger partial charge in [-0.15, -0.1) is 0 Å². The molecule has 2 heterocycles. The van der Waals surface area contributed by atoms with Crippen LogP contribution in [0, 0.1) is 0 Å². The van der Waals surface area contributed by atoms with E-state index in [1.807, 2.05) is 6.07 Å². The maximum Gasteiger partial charge on any atom is 0.262 e. The number of hydrogen-bond donors (Lipinski definition) is 3. The van der Waals surface area contributed by atoms with E-state index >= 15 is 0 Å². The third-order valence-corrected chi connectivity index (χ3v) is 4.93. The summed E-state index contributed by atoms with van der Waals surface area (Å²) in [5.74, 6) is -1.92. The van der Waals surface area contributed by atoms with Crippen LogP contribution in [0.4, 0.5) is 0 Å². The van der Waals surface area contributed by atoms with Crippen LogP contribution in [-0.2, 0) is 16.1 Å². The van der Waals surface area contributed by atoms with Crippen molar-refractivity contribution in [2.75, 3.05) is 13.1 Å². The van der Waals surface area contributed by atoms with Crippen LogP contribution in [0.2, 0.25) is 0 Å². The molecule has 144 valence electrons. The first-order valence-corrected chi connectivity index (χ1v) is 9.29. The van der Waals surface area contributed by atoms with Crippen LogP contribution < -0.4 is 16.4 Å². The summed E-state index contributed by atoms with van der Waals surface area (Å²) in [7, 11) is 0. The van der Waals surface area contributed by atoms with E-state index in [-0.39, 0.29) is 18.7 Å². The van der Waals surface area contributed by atoms with Gasteiger partial charge in [0.25, 0.3) is 11.8 Å². The Bertz CT molecular complexity index is 777. The van der Waals surface area contributed by atoms with E-state index in [2.05, 4.69) is 10.6 Å². The largest absolute Gasteiger partial charge is 0.330 e. The Morgan fingerprint density at radius 3 is 2.67 bits per heavy atom. The van der Waals surface area contributed by atoms with E-state index in [1.54, 1.807) is 12.1 Å². The summed E-state index contributed by atoms with van der Waals surface area (Å²) < 4.78 is 0. The molecule has 1 aromatic carbocycles. The number of amides is 4. The molecule has 1 aromatic rings. The lowest BCUT2D eigenvalue weighted by molar-refractivity contribution is -0.136. The summed E-state index contributed by atoms with van der Waals surface area (Å²) in [5, 5.41) is 5.49. The van der Waals surface area contributed by atoms with E-state index in [0.29, 0.717) is 24.2 Å². The number of nitrogens with zero attached hydrogens (tertiary/aromatic N) is 1. The molecule has 4 amide bonds. The second kappa shape index (κ2) is 8.41. The third kappa shape index (κ3) is 3.91. The molecule has 27 heavy (non-hydrogen) atoms. The van der Waals surface area contributed by atoms with Crippen LogP contribution in [0.3, 0.4) is 0 Å². The zero-order valence-electron chi connectivity index (χ0n) is 15.1. The molecule has 0 aromatic heterocycles. The highest BCUT2D eigenvalue weighted by Crippen LogP contribution is 2.29. The van der Waals surface area contributed by atoms with E-state index < -0.39 is 23.8 Å². The topological polar surface area (TPSA) is 122 Å². The van der Waals surface area contributed by atoms with Gasteiger partial charge in [0.05, 0.1) is 11.1 Å². The normalized spacial score (nSPS) is 19.4. The minimum absolute atomic E-state index is 0.112. The van der Waals surface area contributed by atoms with Crippen molar-refractivity contribution in [3.05, 3.63) is 34.9 Å². The summed E-state index contributed by atoms with van der Waals surface area (Å²) in [4.78, 5) is 50.1. The van der Waals surface area contributed by atoms with E-state index in [1.165, 1.54) is 0 Å². The van der Waals surface area contributed by atoms with Gasteiger partial charge >= 0.3 is 0 Å². The van der Waals surface area contributed by atoms with Gasteiger partial charge in [-0.2, -0.15) is 0 Å². The minimum atomic E-state index is -0.938. The second-order valence-electron chi connectivity index (χ2n) is 6.81. The van der Waals surface area contributed by atoms with Crippen LogP contribution in [0.5, 0.6) is 0 Å². The van der Waals surface area contributed by atoms with Crippen molar-refractivity contribution in [2.45, 2.75) is 44.7 Å². The summed E-state index contributed by atoms with van der Waals surface area (Å²) >= 11 is 0. The molecule has 0 aliphatic carbocycles. The van der Waals surface area contributed by atoms with Crippen molar-refractivity contribution in [1.82, 2.24) is 15.5 Å². The molecule has 0 spiro atoms. The predicted octanol–water partition coefficient (Wildman–Crippen LogP) is 0.306. The molecule has 0 saturated carbocycles. The molecule has 8 heteroatoms. The zero-order chi connectivity index (χ0) is 19.4. The number of imide groups is 2. The average molecular weight is 372 g/mol. The molecule has 3 rings (SSSR count). The number of carbonyl (C=O) groups excluding carboxylic acids is 4.